The predicted molar refractivity (Wildman–Crippen MR) is 16.1 cm³/mol. The first-order valence-corrected chi connectivity index (χ1v) is 2.33. The topological polar surface area (TPSA) is 39.0 Å². The van der Waals surface area contributed by atoms with Crippen LogP contribution in [-0.2, 0) is 11.0 Å². The van der Waals surface area contributed by atoms with Gasteiger partial charge in [0.2, 0.25) is 0 Å². The molecule has 2 nitrogen and oxygen atoms in total. The third-order valence-electron chi connectivity index (χ3n) is 0.262. The third kappa shape index (κ3) is 0.269. The summed E-state index contributed by atoms with van der Waals surface area (Å²) in [6.45, 7) is 0. The number of nitrogens with one attached hydrogen (secondary N) is 1. The minimum Gasteiger partial charge on any atom is -0.242 e. The van der Waals surface area contributed by atoms with Gasteiger partial charge in [-0.15, -0.1) is 0 Å². The Balaban J connectivity index is 2.60. The normalized spacial score (nSPS) is 39.5. The van der Waals surface area contributed by atoms with Crippen LogP contribution in [0.25, 0.3) is 0 Å². The Hall–Kier alpha value is 0.110. The lowest BCUT2D eigenvalue weighted by Crippen LogP contribution is -1.59. The van der Waals surface area contributed by atoms with Crippen LogP contribution in [0.4, 0.5) is 0 Å². The van der Waals surface area contributed by atoms with Gasteiger partial charge in [-0.05, 0) is 0 Å². The van der Waals surface area contributed by atoms with Gasteiger partial charge in [-0.25, -0.2) is 8.93 Å². The summed E-state index contributed by atoms with van der Waals surface area (Å²) in [6, 6.07) is 0. The molecule has 0 amide bonds. The van der Waals surface area contributed by atoms with Crippen LogP contribution in [-0.4, -0.2) is 10.1 Å². The highest BCUT2D eigenvalue weighted by molar-refractivity contribution is 7.89. The van der Waals surface area contributed by atoms with Crippen molar-refractivity contribution in [3.05, 3.63) is 0 Å². The van der Waals surface area contributed by atoms with E-state index in [0.717, 1.165) is 0 Å². The van der Waals surface area contributed by atoms with Gasteiger partial charge in [0.25, 0.3) is 0 Å². The summed E-state index contributed by atoms with van der Waals surface area (Å²) in [7, 11) is -0.611. The van der Waals surface area contributed by atoms with Crippen LogP contribution in [0.1, 0.15) is 0 Å². The fourth-order valence-corrected chi connectivity index (χ4v) is 0.217. The molecule has 0 aromatic heterocycles. The predicted octanol–water partition coefficient (Wildman–Crippen LogP) is -0.789. The van der Waals surface area contributed by atoms with Gasteiger partial charge in [-0.3, -0.25) is 0 Å². The summed E-state index contributed by atoms with van der Waals surface area (Å²) < 4.78 is 12.1. The van der Waals surface area contributed by atoms with Crippen LogP contribution in [0, 0.1) is 0 Å². The van der Waals surface area contributed by atoms with Crippen LogP contribution in [0.5, 0.6) is 0 Å². The fraction of sp³-hybridized carbons (Fsp3) is 1.00. The van der Waals surface area contributed by atoms with Crippen molar-refractivity contribution in [3.8, 4) is 0 Å². The first-order valence-electron chi connectivity index (χ1n) is 1.01. The van der Waals surface area contributed by atoms with Gasteiger partial charge in [-0.2, -0.15) is 0 Å². The Morgan fingerprint density at radius 1 is 2.00 bits per heavy atom. The van der Waals surface area contributed by atoms with Gasteiger partial charge in [0.05, 0.1) is 5.88 Å². The van der Waals surface area contributed by atoms with E-state index in [-0.39, 0.29) is 0 Å². The van der Waals surface area contributed by atoms with Crippen molar-refractivity contribution in [2.24, 2.45) is 0 Å². The van der Waals surface area contributed by atoms with Crippen molar-refractivity contribution in [1.29, 1.82) is 0 Å². The average molecular weight is 77.1 g/mol. The summed E-state index contributed by atoms with van der Waals surface area (Å²) in [5.41, 5.74) is 0. The van der Waals surface area contributed by atoms with Crippen molar-refractivity contribution >= 4 is 11.0 Å². The van der Waals surface area contributed by atoms with Crippen molar-refractivity contribution in [3.63, 3.8) is 0 Å². The van der Waals surface area contributed by atoms with Gasteiger partial charge in [0, 0.05) is 0 Å². The first-order chi connectivity index (χ1) is 1.89. The zero-order valence-corrected chi connectivity index (χ0v) is 2.84. The van der Waals surface area contributed by atoms with Crippen LogP contribution in [0.15, 0.2) is 0 Å². The SMILES string of the molecule is O=[S@@]1CN1. The molecule has 1 heterocycles. The molecule has 1 fully saturated rings. The molecule has 1 aliphatic rings. The molecule has 1 N–H and O–H groups in total. The number of hydrogen-bond acceptors (Lipinski definition) is 1. The van der Waals surface area contributed by atoms with Gasteiger partial charge >= 0.3 is 0 Å². The molecule has 0 aromatic carbocycles. The van der Waals surface area contributed by atoms with E-state index < -0.39 is 11.0 Å². The summed E-state index contributed by atoms with van der Waals surface area (Å²) in [4.78, 5) is 0. The van der Waals surface area contributed by atoms with E-state index in [9.17, 15) is 4.21 Å². The smallest absolute Gasteiger partial charge is 0.108 e. The summed E-state index contributed by atoms with van der Waals surface area (Å²) >= 11 is 0. The molecule has 0 bridgehead atoms. The molecule has 1 saturated heterocycles. The number of hydrogen-bond donors (Lipinski definition) is 1. The van der Waals surface area contributed by atoms with Crippen LogP contribution >= 0.6 is 0 Å². The summed E-state index contributed by atoms with van der Waals surface area (Å²) in [5, 5.41) is 0. The van der Waals surface area contributed by atoms with E-state index in [4.69, 9.17) is 0 Å². The Morgan fingerprint density at radius 3 is 2.25 bits per heavy atom. The largest absolute Gasteiger partial charge is 0.242 e. The average Bonchev–Trinajstić information content (AvgIpc) is 1.75. The second kappa shape index (κ2) is 0.530. The van der Waals surface area contributed by atoms with Gasteiger partial charge in [0.15, 0.2) is 0 Å². The molecule has 1 atom stereocenters. The van der Waals surface area contributed by atoms with Gasteiger partial charge in [0.1, 0.15) is 11.0 Å². The first kappa shape index (κ1) is 2.35. The van der Waals surface area contributed by atoms with E-state index in [1.807, 2.05) is 0 Å². The highest BCUT2D eigenvalue weighted by atomic mass is 32.2. The Labute approximate surface area is 26.8 Å². The standard InChI is InChI=1S/CH3NOS/c3-4-1-2-4/h2H,1H2/t4-/m1/s1. The Bertz CT molecular complexity index is 46.0. The van der Waals surface area contributed by atoms with Crippen molar-refractivity contribution in [2.45, 2.75) is 0 Å². The van der Waals surface area contributed by atoms with E-state index in [1.165, 1.54) is 0 Å². The zero-order chi connectivity index (χ0) is 2.99. The third-order valence-corrected chi connectivity index (χ3v) is 0.787. The molecule has 0 unspecified atom stereocenters. The van der Waals surface area contributed by atoms with Gasteiger partial charge in [-0.1, -0.05) is 0 Å². The highest BCUT2D eigenvalue weighted by Gasteiger charge is 2.08. The second-order valence-corrected chi connectivity index (χ2v) is 1.90. The van der Waals surface area contributed by atoms with E-state index in [0.29, 0.717) is 5.88 Å². The second-order valence-electron chi connectivity index (χ2n) is 0.634. The van der Waals surface area contributed by atoms with Crippen LogP contribution in [0.2, 0.25) is 0 Å². The molecule has 24 valence electrons. The Kier molecular flexibility index (Phi) is 0.312. The lowest BCUT2D eigenvalue weighted by molar-refractivity contribution is 0.693. The zero-order valence-electron chi connectivity index (χ0n) is 2.02. The summed E-state index contributed by atoms with van der Waals surface area (Å²) in [6.07, 6.45) is 0. The van der Waals surface area contributed by atoms with Crippen molar-refractivity contribution in [2.75, 3.05) is 5.88 Å². The minimum atomic E-state index is -0.611. The maximum atomic E-state index is 9.56. The highest BCUT2D eigenvalue weighted by Crippen LogP contribution is 1.82. The molecular formula is CH3NOS. The van der Waals surface area contributed by atoms with Crippen molar-refractivity contribution < 1.29 is 4.21 Å². The molecule has 0 spiro atoms. The quantitative estimate of drug-likeness (QED) is 0.378. The summed E-state index contributed by atoms with van der Waals surface area (Å²) in [5.74, 6) is 0.708. The molecule has 1 aliphatic heterocycles. The van der Waals surface area contributed by atoms with E-state index in [1.54, 1.807) is 0 Å². The fourth-order valence-electron chi connectivity index (χ4n) is 0.0241. The minimum absolute atomic E-state index is 0.611. The molecule has 0 aliphatic carbocycles. The molecule has 4 heavy (non-hydrogen) atoms. The molecule has 0 saturated carbocycles. The number of rotatable bonds is 0. The molecular weight excluding hydrogens is 74.1 g/mol. The van der Waals surface area contributed by atoms with E-state index in [2.05, 4.69) is 4.72 Å². The van der Waals surface area contributed by atoms with Crippen LogP contribution < -0.4 is 4.72 Å². The maximum Gasteiger partial charge on any atom is 0.108 e. The lowest BCUT2D eigenvalue weighted by atomic mass is 11.6. The monoisotopic (exact) mass is 77.0 g/mol. The Morgan fingerprint density at radius 2 is 2.25 bits per heavy atom. The molecule has 0 aromatic rings. The molecule has 3 heteroatoms. The van der Waals surface area contributed by atoms with Gasteiger partial charge < -0.3 is 0 Å². The molecule has 1 rings (SSSR count). The lowest BCUT2D eigenvalue weighted by Gasteiger charge is -1.30. The maximum absolute atomic E-state index is 9.56. The van der Waals surface area contributed by atoms with Crippen molar-refractivity contribution in [1.82, 2.24) is 4.72 Å². The van der Waals surface area contributed by atoms with E-state index >= 15 is 0 Å². The van der Waals surface area contributed by atoms with Crippen LogP contribution in [0.3, 0.4) is 0 Å². The molecule has 0 radical (unpaired) electrons.